The van der Waals surface area contributed by atoms with Crippen LogP contribution in [-0.4, -0.2) is 46.2 Å². The zero-order valence-corrected chi connectivity index (χ0v) is 19.9. The number of carbonyl (C=O) groups is 1. The molecule has 0 aliphatic heterocycles. The molecule has 0 bridgehead atoms. The molecule has 184 valence electrons. The predicted molar refractivity (Wildman–Crippen MR) is 134 cm³/mol. The standard InChI is InChI=1S/C26H25N5O5/c1-35-19-8-11-23(36-2)20(16-19)22-10-13-26(34)31(29-22)17-24(32)27-14-15-30-25(33)12-9-21(28-30)18-6-4-3-5-7-18/h3-13,16H,14-15,17H2,1-2H3,(H,27,32). The lowest BCUT2D eigenvalue weighted by atomic mass is 10.1. The van der Waals surface area contributed by atoms with Gasteiger partial charge in [0.25, 0.3) is 11.1 Å². The van der Waals surface area contributed by atoms with Gasteiger partial charge in [-0.1, -0.05) is 30.3 Å². The summed E-state index contributed by atoms with van der Waals surface area (Å²) in [5.41, 5.74) is 1.91. The molecular formula is C26H25N5O5. The summed E-state index contributed by atoms with van der Waals surface area (Å²) in [5.74, 6) is 0.725. The van der Waals surface area contributed by atoms with Gasteiger partial charge in [0.05, 0.1) is 32.2 Å². The van der Waals surface area contributed by atoms with Crippen molar-refractivity contribution in [1.82, 2.24) is 24.9 Å². The molecule has 0 aliphatic rings. The zero-order chi connectivity index (χ0) is 25.5. The fraction of sp³-hybridized carbons (Fsp3) is 0.192. The molecule has 0 fully saturated rings. The molecule has 2 aromatic carbocycles. The van der Waals surface area contributed by atoms with Crippen LogP contribution >= 0.6 is 0 Å². The highest BCUT2D eigenvalue weighted by molar-refractivity contribution is 5.75. The normalized spacial score (nSPS) is 10.6. The lowest BCUT2D eigenvalue weighted by Gasteiger charge is -2.12. The smallest absolute Gasteiger partial charge is 0.267 e. The van der Waals surface area contributed by atoms with Crippen LogP contribution in [0.1, 0.15) is 0 Å². The van der Waals surface area contributed by atoms with Crippen LogP contribution in [0, 0.1) is 0 Å². The Bertz CT molecular complexity index is 1480. The van der Waals surface area contributed by atoms with Crippen molar-refractivity contribution in [3.05, 3.63) is 93.5 Å². The maximum atomic E-state index is 12.5. The van der Waals surface area contributed by atoms with Crippen LogP contribution in [0.25, 0.3) is 22.5 Å². The van der Waals surface area contributed by atoms with Gasteiger partial charge >= 0.3 is 0 Å². The molecule has 0 aliphatic carbocycles. The molecule has 0 radical (unpaired) electrons. The summed E-state index contributed by atoms with van der Waals surface area (Å²) in [6.45, 7) is 0.0437. The molecule has 4 rings (SSSR count). The van der Waals surface area contributed by atoms with E-state index in [0.717, 1.165) is 10.2 Å². The van der Waals surface area contributed by atoms with Gasteiger partial charge in [-0.2, -0.15) is 10.2 Å². The van der Waals surface area contributed by atoms with Crippen molar-refractivity contribution in [1.29, 1.82) is 0 Å². The molecule has 1 N–H and O–H groups in total. The molecule has 0 saturated heterocycles. The lowest BCUT2D eigenvalue weighted by molar-refractivity contribution is -0.121. The van der Waals surface area contributed by atoms with Crippen molar-refractivity contribution in [2.75, 3.05) is 20.8 Å². The molecule has 10 heteroatoms. The van der Waals surface area contributed by atoms with Crippen molar-refractivity contribution in [3.63, 3.8) is 0 Å². The number of nitrogens with zero attached hydrogens (tertiary/aromatic N) is 4. The van der Waals surface area contributed by atoms with E-state index in [-0.39, 0.29) is 25.2 Å². The highest BCUT2D eigenvalue weighted by Crippen LogP contribution is 2.31. The first-order valence-electron chi connectivity index (χ1n) is 11.2. The van der Waals surface area contributed by atoms with E-state index in [9.17, 15) is 14.4 Å². The summed E-state index contributed by atoms with van der Waals surface area (Å²) < 4.78 is 13.0. The monoisotopic (exact) mass is 487 g/mol. The lowest BCUT2D eigenvalue weighted by Crippen LogP contribution is -2.36. The first-order valence-corrected chi connectivity index (χ1v) is 11.2. The molecule has 0 spiro atoms. The van der Waals surface area contributed by atoms with Gasteiger partial charge in [-0.3, -0.25) is 14.4 Å². The third kappa shape index (κ3) is 5.66. The second-order valence-electron chi connectivity index (χ2n) is 7.78. The predicted octanol–water partition coefficient (Wildman–Crippen LogP) is 1.97. The summed E-state index contributed by atoms with van der Waals surface area (Å²) in [5, 5.41) is 11.4. The SMILES string of the molecule is COc1ccc(OC)c(-c2ccc(=O)n(CC(=O)NCCn3nc(-c4ccccc4)ccc3=O)n2)c1. The summed E-state index contributed by atoms with van der Waals surface area (Å²) in [7, 11) is 3.08. The van der Waals surface area contributed by atoms with E-state index in [2.05, 4.69) is 15.5 Å². The van der Waals surface area contributed by atoms with Gasteiger partial charge in [0, 0.05) is 29.8 Å². The van der Waals surface area contributed by atoms with Crippen molar-refractivity contribution in [3.8, 4) is 34.0 Å². The fourth-order valence-electron chi connectivity index (χ4n) is 3.59. The first-order chi connectivity index (χ1) is 17.5. The third-order valence-corrected chi connectivity index (χ3v) is 5.42. The highest BCUT2D eigenvalue weighted by Gasteiger charge is 2.13. The number of nitrogens with one attached hydrogen (secondary N) is 1. The average Bonchev–Trinajstić information content (AvgIpc) is 2.91. The number of benzene rings is 2. The Labute approximate surface area is 206 Å². The number of ether oxygens (including phenoxy) is 2. The zero-order valence-electron chi connectivity index (χ0n) is 19.9. The Balaban J connectivity index is 1.44. The summed E-state index contributed by atoms with van der Waals surface area (Å²) in [4.78, 5) is 37.1. The Morgan fingerprint density at radius 2 is 1.53 bits per heavy atom. The minimum absolute atomic E-state index is 0.155. The molecule has 10 nitrogen and oxygen atoms in total. The summed E-state index contributed by atoms with van der Waals surface area (Å²) in [6.07, 6.45) is 0. The maximum absolute atomic E-state index is 12.5. The fourth-order valence-corrected chi connectivity index (χ4v) is 3.59. The van der Waals surface area contributed by atoms with Crippen LogP contribution in [0.3, 0.4) is 0 Å². The second kappa shape index (κ2) is 11.1. The molecule has 2 heterocycles. The van der Waals surface area contributed by atoms with Crippen LogP contribution in [0.15, 0.2) is 82.4 Å². The second-order valence-corrected chi connectivity index (χ2v) is 7.78. The van der Waals surface area contributed by atoms with Crippen LogP contribution in [0.2, 0.25) is 0 Å². The number of carbonyl (C=O) groups excluding carboxylic acids is 1. The van der Waals surface area contributed by atoms with Crippen molar-refractivity contribution < 1.29 is 14.3 Å². The molecule has 36 heavy (non-hydrogen) atoms. The van der Waals surface area contributed by atoms with Gasteiger partial charge < -0.3 is 14.8 Å². The van der Waals surface area contributed by atoms with E-state index < -0.39 is 11.5 Å². The van der Waals surface area contributed by atoms with E-state index in [4.69, 9.17) is 9.47 Å². The molecule has 1 amide bonds. The number of methoxy groups -OCH3 is 2. The summed E-state index contributed by atoms with van der Waals surface area (Å²) >= 11 is 0. The molecule has 0 saturated carbocycles. The average molecular weight is 488 g/mol. The maximum Gasteiger partial charge on any atom is 0.267 e. The van der Waals surface area contributed by atoms with Crippen molar-refractivity contribution >= 4 is 5.91 Å². The van der Waals surface area contributed by atoms with E-state index in [1.54, 1.807) is 37.4 Å². The minimum atomic E-state index is -0.427. The molecule has 0 unspecified atom stereocenters. The molecule has 2 aromatic heterocycles. The van der Waals surface area contributed by atoms with Gasteiger partial charge in [0.1, 0.15) is 18.0 Å². The van der Waals surface area contributed by atoms with Gasteiger partial charge in [0.15, 0.2) is 0 Å². The first kappa shape index (κ1) is 24.4. The van der Waals surface area contributed by atoms with E-state index in [1.165, 1.54) is 23.9 Å². The molecular weight excluding hydrogens is 462 g/mol. The number of hydrogen-bond donors (Lipinski definition) is 1. The van der Waals surface area contributed by atoms with Gasteiger partial charge in [-0.15, -0.1) is 0 Å². The van der Waals surface area contributed by atoms with Crippen LogP contribution in [-0.2, 0) is 17.9 Å². The van der Waals surface area contributed by atoms with Crippen molar-refractivity contribution in [2.45, 2.75) is 13.1 Å². The van der Waals surface area contributed by atoms with Gasteiger partial charge in [0.2, 0.25) is 5.91 Å². The summed E-state index contributed by atoms with van der Waals surface area (Å²) in [6, 6.07) is 20.7. The van der Waals surface area contributed by atoms with Crippen molar-refractivity contribution in [2.24, 2.45) is 0 Å². The Morgan fingerprint density at radius 1 is 0.833 bits per heavy atom. The number of amides is 1. The van der Waals surface area contributed by atoms with E-state index in [1.807, 2.05) is 30.3 Å². The van der Waals surface area contributed by atoms with Crippen LogP contribution in [0.5, 0.6) is 11.5 Å². The number of hydrogen-bond acceptors (Lipinski definition) is 7. The minimum Gasteiger partial charge on any atom is -0.497 e. The number of aromatic nitrogens is 4. The topological polar surface area (TPSA) is 117 Å². The van der Waals surface area contributed by atoms with Gasteiger partial charge in [-0.25, -0.2) is 9.36 Å². The third-order valence-electron chi connectivity index (χ3n) is 5.42. The number of rotatable bonds is 9. The van der Waals surface area contributed by atoms with Gasteiger partial charge in [-0.05, 0) is 30.3 Å². The molecule has 0 atom stereocenters. The largest absolute Gasteiger partial charge is 0.497 e. The van der Waals surface area contributed by atoms with Crippen LogP contribution in [0.4, 0.5) is 0 Å². The highest BCUT2D eigenvalue weighted by atomic mass is 16.5. The Hall–Kier alpha value is -4.73. The Morgan fingerprint density at radius 3 is 2.25 bits per heavy atom. The Kier molecular flexibility index (Phi) is 7.54. The van der Waals surface area contributed by atoms with E-state index in [0.29, 0.717) is 28.5 Å². The van der Waals surface area contributed by atoms with E-state index >= 15 is 0 Å². The van der Waals surface area contributed by atoms with Crippen LogP contribution < -0.4 is 25.9 Å². The molecule has 4 aromatic rings. The quantitative estimate of drug-likeness (QED) is 0.384.